The molecule has 0 aliphatic rings. The summed E-state index contributed by atoms with van der Waals surface area (Å²) >= 11 is 1.70. The van der Waals surface area contributed by atoms with Crippen molar-refractivity contribution in [3.8, 4) is 0 Å². The van der Waals surface area contributed by atoms with Crippen LogP contribution in [0.3, 0.4) is 0 Å². The van der Waals surface area contributed by atoms with Crippen LogP contribution in [0.15, 0.2) is 41.8 Å². The Morgan fingerprint density at radius 3 is 2.38 bits per heavy atom. The zero-order valence-corrected chi connectivity index (χ0v) is 13.3. The van der Waals surface area contributed by atoms with Crippen LogP contribution in [0.5, 0.6) is 0 Å². The van der Waals surface area contributed by atoms with Gasteiger partial charge in [-0.05, 0) is 41.6 Å². The Morgan fingerprint density at radius 1 is 1.19 bits per heavy atom. The molecule has 2 aromatic rings. The largest absolute Gasteiger partial charge is 0.399 e. The number of thiophene rings is 1. The molecule has 1 unspecified atom stereocenters. The molecule has 1 amide bonds. The molecule has 4 heteroatoms. The van der Waals surface area contributed by atoms with Crippen molar-refractivity contribution in [3.05, 3.63) is 52.2 Å². The number of rotatable bonds is 6. The zero-order chi connectivity index (χ0) is 15.2. The molecule has 1 aromatic heterocycles. The quantitative estimate of drug-likeness (QED) is 0.784. The maximum Gasteiger partial charge on any atom is 0.251 e. The molecule has 21 heavy (non-hydrogen) atoms. The van der Waals surface area contributed by atoms with Gasteiger partial charge in [-0.1, -0.05) is 32.8 Å². The van der Waals surface area contributed by atoms with E-state index >= 15 is 0 Å². The number of nitrogens with one attached hydrogen (secondary N) is 1. The minimum atomic E-state index is -0.0414. The second kappa shape index (κ2) is 7.27. The molecule has 0 spiro atoms. The molecule has 0 saturated heterocycles. The van der Waals surface area contributed by atoms with E-state index in [-0.39, 0.29) is 11.9 Å². The van der Waals surface area contributed by atoms with Crippen LogP contribution >= 0.6 is 11.3 Å². The van der Waals surface area contributed by atoms with E-state index in [4.69, 9.17) is 5.73 Å². The summed E-state index contributed by atoms with van der Waals surface area (Å²) in [6, 6.07) is 11.2. The fourth-order valence-corrected chi connectivity index (χ4v) is 3.38. The summed E-state index contributed by atoms with van der Waals surface area (Å²) in [5.74, 6) is 0.404. The number of hydrogen-bond donors (Lipinski definition) is 2. The Balaban J connectivity index is 2.18. The van der Waals surface area contributed by atoms with Crippen LogP contribution in [0.25, 0.3) is 0 Å². The molecule has 0 fully saturated rings. The van der Waals surface area contributed by atoms with Crippen LogP contribution in [0.4, 0.5) is 5.69 Å². The Labute approximate surface area is 130 Å². The summed E-state index contributed by atoms with van der Waals surface area (Å²) in [6.07, 6.45) is 2.09. The van der Waals surface area contributed by atoms with Gasteiger partial charge in [0, 0.05) is 16.1 Å². The minimum Gasteiger partial charge on any atom is -0.399 e. The topological polar surface area (TPSA) is 55.1 Å². The molecule has 1 aromatic carbocycles. The first-order valence-corrected chi connectivity index (χ1v) is 8.23. The van der Waals surface area contributed by atoms with Crippen molar-refractivity contribution in [3.63, 3.8) is 0 Å². The molecule has 0 aliphatic carbocycles. The Kier molecular flexibility index (Phi) is 5.39. The van der Waals surface area contributed by atoms with Gasteiger partial charge in [0.2, 0.25) is 0 Å². The van der Waals surface area contributed by atoms with E-state index < -0.39 is 0 Å². The van der Waals surface area contributed by atoms with E-state index in [0.717, 1.165) is 12.8 Å². The van der Waals surface area contributed by atoms with Gasteiger partial charge < -0.3 is 11.1 Å². The van der Waals surface area contributed by atoms with E-state index in [9.17, 15) is 4.79 Å². The Morgan fingerprint density at radius 2 is 1.86 bits per heavy atom. The number of hydrogen-bond acceptors (Lipinski definition) is 3. The van der Waals surface area contributed by atoms with Crippen molar-refractivity contribution < 1.29 is 4.79 Å². The van der Waals surface area contributed by atoms with Gasteiger partial charge in [-0.15, -0.1) is 11.3 Å². The standard InChI is InChI=1S/C17H22N2OS/c1-3-12(4-2)16(15-6-5-11-21-15)19-17(20)13-7-9-14(18)10-8-13/h5-12,16H,3-4,18H2,1-2H3,(H,19,20). The van der Waals surface area contributed by atoms with Crippen molar-refractivity contribution in [2.75, 3.05) is 5.73 Å². The number of carbonyl (C=O) groups excluding carboxylic acids is 1. The first-order chi connectivity index (χ1) is 10.2. The van der Waals surface area contributed by atoms with Gasteiger partial charge in [-0.2, -0.15) is 0 Å². The van der Waals surface area contributed by atoms with Crippen LogP contribution in [-0.4, -0.2) is 5.91 Å². The van der Waals surface area contributed by atoms with E-state index in [0.29, 0.717) is 17.2 Å². The van der Waals surface area contributed by atoms with Gasteiger partial charge >= 0.3 is 0 Å². The average molecular weight is 302 g/mol. The normalized spacial score (nSPS) is 12.3. The van der Waals surface area contributed by atoms with Crippen LogP contribution in [0.2, 0.25) is 0 Å². The molecule has 0 aliphatic heterocycles. The SMILES string of the molecule is CCC(CC)C(NC(=O)c1ccc(N)cc1)c1cccs1. The van der Waals surface area contributed by atoms with E-state index in [1.807, 2.05) is 6.07 Å². The Bertz CT molecular complexity index is 559. The molecule has 0 saturated carbocycles. The third-order valence-corrected chi connectivity index (χ3v) is 4.78. The predicted molar refractivity (Wildman–Crippen MR) is 89.5 cm³/mol. The summed E-state index contributed by atoms with van der Waals surface area (Å²) in [4.78, 5) is 13.7. The molecule has 1 heterocycles. The maximum absolute atomic E-state index is 12.5. The smallest absolute Gasteiger partial charge is 0.251 e. The van der Waals surface area contributed by atoms with Gasteiger partial charge in [-0.25, -0.2) is 0 Å². The summed E-state index contributed by atoms with van der Waals surface area (Å²) in [7, 11) is 0. The zero-order valence-electron chi connectivity index (χ0n) is 12.5. The lowest BCUT2D eigenvalue weighted by Crippen LogP contribution is -2.32. The molecule has 112 valence electrons. The monoisotopic (exact) mass is 302 g/mol. The second-order valence-corrected chi connectivity index (χ2v) is 6.14. The van der Waals surface area contributed by atoms with Gasteiger partial charge in [0.05, 0.1) is 6.04 Å². The first-order valence-electron chi connectivity index (χ1n) is 7.35. The van der Waals surface area contributed by atoms with Gasteiger partial charge in [0.15, 0.2) is 0 Å². The van der Waals surface area contributed by atoms with E-state index in [2.05, 4.69) is 30.6 Å². The lowest BCUT2D eigenvalue weighted by atomic mass is 9.92. The summed E-state index contributed by atoms with van der Waals surface area (Å²) in [5.41, 5.74) is 6.98. The molecule has 3 nitrogen and oxygen atoms in total. The van der Waals surface area contributed by atoms with E-state index in [1.54, 1.807) is 35.6 Å². The lowest BCUT2D eigenvalue weighted by Gasteiger charge is -2.25. The van der Waals surface area contributed by atoms with Crippen LogP contribution in [0, 0.1) is 5.92 Å². The first kappa shape index (κ1) is 15.6. The molecular weight excluding hydrogens is 280 g/mol. The fraction of sp³-hybridized carbons (Fsp3) is 0.353. The van der Waals surface area contributed by atoms with Crippen LogP contribution < -0.4 is 11.1 Å². The summed E-state index contributed by atoms with van der Waals surface area (Å²) in [6.45, 7) is 4.34. The number of nitrogens with two attached hydrogens (primary N) is 1. The second-order valence-electron chi connectivity index (χ2n) is 5.17. The average Bonchev–Trinajstić information content (AvgIpc) is 3.02. The maximum atomic E-state index is 12.5. The van der Waals surface area contributed by atoms with Gasteiger partial charge in [0.25, 0.3) is 5.91 Å². The minimum absolute atomic E-state index is 0.0414. The number of nitrogen functional groups attached to an aromatic ring is 1. The van der Waals surface area contributed by atoms with Crippen molar-refractivity contribution in [2.24, 2.45) is 5.92 Å². The molecule has 2 rings (SSSR count). The number of amides is 1. The summed E-state index contributed by atoms with van der Waals surface area (Å²) < 4.78 is 0. The van der Waals surface area contributed by atoms with Gasteiger partial charge in [-0.3, -0.25) is 4.79 Å². The van der Waals surface area contributed by atoms with Crippen LogP contribution in [0.1, 0.15) is 48.0 Å². The van der Waals surface area contributed by atoms with Crippen molar-refractivity contribution >= 4 is 22.9 Å². The lowest BCUT2D eigenvalue weighted by molar-refractivity contribution is 0.0920. The molecular formula is C17H22N2OS. The molecule has 3 N–H and O–H groups in total. The molecule has 0 bridgehead atoms. The highest BCUT2D eigenvalue weighted by Gasteiger charge is 2.23. The fourth-order valence-electron chi connectivity index (χ4n) is 2.51. The Hall–Kier alpha value is -1.81. The number of anilines is 1. The van der Waals surface area contributed by atoms with E-state index in [1.165, 1.54) is 4.88 Å². The number of benzene rings is 1. The highest BCUT2D eigenvalue weighted by molar-refractivity contribution is 7.10. The third-order valence-electron chi connectivity index (χ3n) is 3.83. The predicted octanol–water partition coefficient (Wildman–Crippen LogP) is 4.24. The van der Waals surface area contributed by atoms with Crippen molar-refractivity contribution in [1.82, 2.24) is 5.32 Å². The molecule has 0 radical (unpaired) electrons. The highest BCUT2D eigenvalue weighted by Crippen LogP contribution is 2.30. The van der Waals surface area contributed by atoms with Crippen molar-refractivity contribution in [2.45, 2.75) is 32.7 Å². The summed E-state index contributed by atoms with van der Waals surface area (Å²) in [5, 5.41) is 5.24. The number of carbonyl (C=O) groups is 1. The third kappa shape index (κ3) is 3.85. The van der Waals surface area contributed by atoms with Gasteiger partial charge in [0.1, 0.15) is 0 Å². The van der Waals surface area contributed by atoms with Crippen LogP contribution in [-0.2, 0) is 0 Å². The highest BCUT2D eigenvalue weighted by atomic mass is 32.1. The molecule has 1 atom stereocenters. The van der Waals surface area contributed by atoms with Crippen molar-refractivity contribution in [1.29, 1.82) is 0 Å².